The lowest BCUT2D eigenvalue weighted by Crippen LogP contribution is -2.40. The first-order chi connectivity index (χ1) is 18.0. The van der Waals surface area contributed by atoms with Crippen LogP contribution in [0.15, 0.2) is 62.3 Å². The number of aliphatic hydroxyl groups is 1. The number of amidine groups is 1. The van der Waals surface area contributed by atoms with Gasteiger partial charge in [0.1, 0.15) is 9.93 Å². The van der Waals surface area contributed by atoms with Gasteiger partial charge in [-0.25, -0.2) is 4.99 Å². The normalized spacial score (nSPS) is 21.3. The molecule has 1 aliphatic carbocycles. The molecule has 2 heterocycles. The highest BCUT2D eigenvalue weighted by Gasteiger charge is 2.42. The quantitative estimate of drug-likeness (QED) is 0.407. The maximum absolute atomic E-state index is 14.0. The fourth-order valence-electron chi connectivity index (χ4n) is 5.43. The number of anilines is 2. The summed E-state index contributed by atoms with van der Waals surface area (Å²) in [5.74, 6) is 0.0961. The van der Waals surface area contributed by atoms with E-state index in [1.54, 1.807) is 11.8 Å². The van der Waals surface area contributed by atoms with Crippen LogP contribution in [0.3, 0.4) is 0 Å². The number of hydrogen-bond donors (Lipinski definition) is 1. The van der Waals surface area contributed by atoms with E-state index in [1.807, 2.05) is 11.0 Å². The molecular formula is C29H36N4O2S2. The predicted molar refractivity (Wildman–Crippen MR) is 157 cm³/mol. The van der Waals surface area contributed by atoms with E-state index in [2.05, 4.69) is 67.0 Å². The zero-order valence-corrected chi connectivity index (χ0v) is 23.6. The van der Waals surface area contributed by atoms with Crippen molar-refractivity contribution in [2.45, 2.75) is 63.8 Å². The summed E-state index contributed by atoms with van der Waals surface area (Å²) in [7, 11) is 0. The van der Waals surface area contributed by atoms with Crippen LogP contribution in [0.1, 0.15) is 51.5 Å². The lowest BCUT2D eigenvalue weighted by molar-refractivity contribution is -0.124. The standard InChI is InChI=1S/C29H36N4O2S2/c1-4-31(17-18-34)22-15-16-23(20(3)19-22)30-29-33(21-11-7-6-8-12-21)27(35)26(37-29)28-32(5-2)24-13-9-10-14-25(24)36-28/h9-10,13-16,19,21,34H,4-8,11-12,17-18H2,1-3H3/b28-26-,30-29?. The van der Waals surface area contributed by atoms with Crippen molar-refractivity contribution in [1.82, 2.24) is 4.90 Å². The van der Waals surface area contributed by atoms with E-state index < -0.39 is 0 Å². The maximum Gasteiger partial charge on any atom is 0.269 e. The van der Waals surface area contributed by atoms with Crippen molar-refractivity contribution in [3.8, 4) is 0 Å². The first-order valence-corrected chi connectivity index (χ1v) is 15.0. The van der Waals surface area contributed by atoms with Gasteiger partial charge in [-0.15, -0.1) is 0 Å². The highest BCUT2D eigenvalue weighted by atomic mass is 32.2. The summed E-state index contributed by atoms with van der Waals surface area (Å²) in [5, 5.41) is 11.2. The van der Waals surface area contributed by atoms with Crippen molar-refractivity contribution in [2.75, 3.05) is 36.0 Å². The Labute approximate surface area is 228 Å². The summed E-state index contributed by atoms with van der Waals surface area (Å²) in [5.41, 5.74) is 4.21. The number of rotatable bonds is 7. The van der Waals surface area contributed by atoms with E-state index in [-0.39, 0.29) is 18.6 Å². The average molecular weight is 537 g/mol. The van der Waals surface area contributed by atoms with Crippen molar-refractivity contribution in [3.05, 3.63) is 58.0 Å². The summed E-state index contributed by atoms with van der Waals surface area (Å²) in [6.45, 7) is 8.68. The fraction of sp³-hybridized carbons (Fsp3) is 0.448. The van der Waals surface area contributed by atoms with Crippen LogP contribution in [0.25, 0.3) is 0 Å². The number of nitrogens with zero attached hydrogens (tertiary/aromatic N) is 4. The molecule has 196 valence electrons. The summed E-state index contributed by atoms with van der Waals surface area (Å²) < 4.78 is 0. The molecule has 8 heteroatoms. The molecule has 1 saturated heterocycles. The number of benzene rings is 2. The molecule has 0 aromatic heterocycles. The van der Waals surface area contributed by atoms with Gasteiger partial charge in [-0.2, -0.15) is 0 Å². The molecule has 5 rings (SSSR count). The Morgan fingerprint density at radius 2 is 1.86 bits per heavy atom. The number of para-hydroxylation sites is 1. The van der Waals surface area contributed by atoms with Crippen molar-refractivity contribution in [3.63, 3.8) is 0 Å². The summed E-state index contributed by atoms with van der Waals surface area (Å²) in [6, 6.07) is 14.8. The number of fused-ring (bicyclic) bond motifs is 1. The smallest absolute Gasteiger partial charge is 0.269 e. The van der Waals surface area contributed by atoms with Crippen LogP contribution in [-0.2, 0) is 4.79 Å². The monoisotopic (exact) mass is 536 g/mol. The second-order valence-corrected chi connectivity index (χ2v) is 11.7. The molecule has 37 heavy (non-hydrogen) atoms. The molecule has 0 radical (unpaired) electrons. The van der Waals surface area contributed by atoms with E-state index in [9.17, 15) is 9.90 Å². The van der Waals surface area contributed by atoms with Crippen LogP contribution in [0.2, 0.25) is 0 Å². The zero-order valence-electron chi connectivity index (χ0n) is 21.9. The first-order valence-electron chi connectivity index (χ1n) is 13.4. The minimum absolute atomic E-state index is 0.0961. The summed E-state index contributed by atoms with van der Waals surface area (Å²) >= 11 is 3.23. The Kier molecular flexibility index (Phi) is 8.17. The van der Waals surface area contributed by atoms with Crippen LogP contribution in [0.5, 0.6) is 0 Å². The minimum Gasteiger partial charge on any atom is -0.395 e. The van der Waals surface area contributed by atoms with E-state index in [0.29, 0.717) is 6.54 Å². The highest BCUT2D eigenvalue weighted by molar-refractivity contribution is 8.19. The van der Waals surface area contributed by atoms with Gasteiger partial charge in [-0.05, 0) is 81.3 Å². The number of thioether (sulfide) groups is 2. The van der Waals surface area contributed by atoms with Gasteiger partial charge in [0, 0.05) is 36.3 Å². The lowest BCUT2D eigenvalue weighted by Gasteiger charge is -2.30. The number of amides is 1. The molecule has 0 atom stereocenters. The van der Waals surface area contributed by atoms with Gasteiger partial charge in [0.15, 0.2) is 5.17 Å². The molecule has 2 aromatic carbocycles. The van der Waals surface area contributed by atoms with Crippen molar-refractivity contribution in [2.24, 2.45) is 4.99 Å². The van der Waals surface area contributed by atoms with Crippen LogP contribution in [-0.4, -0.2) is 53.4 Å². The third-order valence-corrected chi connectivity index (χ3v) is 9.74. The van der Waals surface area contributed by atoms with Gasteiger partial charge >= 0.3 is 0 Å². The molecule has 2 fully saturated rings. The van der Waals surface area contributed by atoms with Crippen molar-refractivity contribution in [1.29, 1.82) is 0 Å². The first kappa shape index (κ1) is 26.2. The van der Waals surface area contributed by atoms with Gasteiger partial charge < -0.3 is 14.9 Å². The highest BCUT2D eigenvalue weighted by Crippen LogP contribution is 2.51. The number of aryl methyl sites for hydroxylation is 1. The van der Waals surface area contributed by atoms with E-state index in [1.165, 1.54) is 28.8 Å². The van der Waals surface area contributed by atoms with Crippen LogP contribution >= 0.6 is 23.5 Å². The second kappa shape index (κ2) is 11.5. The molecule has 0 spiro atoms. The van der Waals surface area contributed by atoms with Gasteiger partial charge in [0.05, 0.1) is 18.0 Å². The molecule has 2 aromatic rings. The summed E-state index contributed by atoms with van der Waals surface area (Å²) in [4.78, 5) is 27.6. The topological polar surface area (TPSA) is 59.4 Å². The number of aliphatic imine (C=N–C) groups is 1. The predicted octanol–water partition coefficient (Wildman–Crippen LogP) is 6.51. The average Bonchev–Trinajstić information content (AvgIpc) is 3.45. The van der Waals surface area contributed by atoms with Crippen LogP contribution < -0.4 is 9.80 Å². The number of likely N-dealkylation sites (N-methyl/N-ethyl adjacent to an activating group) is 1. The van der Waals surface area contributed by atoms with E-state index in [0.717, 1.165) is 70.8 Å². The van der Waals surface area contributed by atoms with Gasteiger partial charge in [-0.3, -0.25) is 9.69 Å². The largest absolute Gasteiger partial charge is 0.395 e. The second-order valence-electron chi connectivity index (χ2n) is 9.69. The molecule has 1 N–H and O–H groups in total. The van der Waals surface area contributed by atoms with Crippen LogP contribution in [0.4, 0.5) is 17.1 Å². The third-order valence-electron chi connectivity index (χ3n) is 7.38. The molecule has 3 aliphatic rings. The van der Waals surface area contributed by atoms with Crippen molar-refractivity contribution < 1.29 is 9.90 Å². The van der Waals surface area contributed by atoms with E-state index >= 15 is 0 Å². The third kappa shape index (κ3) is 5.16. The van der Waals surface area contributed by atoms with Crippen molar-refractivity contribution >= 4 is 51.7 Å². The van der Waals surface area contributed by atoms with Gasteiger partial charge in [0.2, 0.25) is 0 Å². The molecule has 1 saturated carbocycles. The maximum atomic E-state index is 14.0. The Morgan fingerprint density at radius 3 is 2.57 bits per heavy atom. The van der Waals surface area contributed by atoms with Gasteiger partial charge in [-0.1, -0.05) is 43.2 Å². The molecule has 2 aliphatic heterocycles. The zero-order chi connectivity index (χ0) is 25.9. The fourth-order valence-corrected chi connectivity index (χ4v) is 7.87. The van der Waals surface area contributed by atoms with E-state index in [4.69, 9.17) is 4.99 Å². The molecule has 6 nitrogen and oxygen atoms in total. The van der Waals surface area contributed by atoms with Gasteiger partial charge in [0.25, 0.3) is 5.91 Å². The molecular weight excluding hydrogens is 500 g/mol. The Balaban J connectivity index is 1.53. The number of carbonyl (C=O) groups is 1. The SMILES string of the molecule is CCN(CCO)c1ccc(N=C2S/C(=C3\Sc4ccccc4N3CC)C(=O)N2C2CCCCC2)c(C)c1. The lowest BCUT2D eigenvalue weighted by atomic mass is 9.94. The molecule has 1 amide bonds. The van der Waals surface area contributed by atoms with Crippen LogP contribution in [0, 0.1) is 6.92 Å². The minimum atomic E-state index is 0.0961. The summed E-state index contributed by atoms with van der Waals surface area (Å²) in [6.07, 6.45) is 5.62. The molecule has 0 bridgehead atoms. The Hall–Kier alpha value is -2.42. The number of carbonyl (C=O) groups excluding carboxylic acids is 1. The Bertz CT molecular complexity index is 1220. The Morgan fingerprint density at radius 1 is 1.08 bits per heavy atom. The molecule has 0 unspecified atom stereocenters. The number of hydrogen-bond acceptors (Lipinski definition) is 7. The number of aliphatic hydroxyl groups excluding tert-OH is 1.